The number of aromatic hydroxyl groups is 1. The molecule has 61 heavy (non-hydrogen) atoms. The minimum Gasteiger partial charge on any atom is -0.507 e. The van der Waals surface area contributed by atoms with Gasteiger partial charge in [-0.25, -0.2) is 4.98 Å². The van der Waals surface area contributed by atoms with Crippen molar-refractivity contribution >= 4 is 11.0 Å². The molecule has 0 saturated heterocycles. The molecule has 2 aromatic heterocycles. The van der Waals surface area contributed by atoms with Crippen molar-refractivity contribution in [2.24, 2.45) is 5.92 Å². The van der Waals surface area contributed by atoms with Crippen molar-refractivity contribution in [3.05, 3.63) is 193 Å². The first kappa shape index (κ1) is 31.5. The zero-order valence-corrected chi connectivity index (χ0v) is 35.9. The molecular weight excluding hydrogens is 926 g/mol. The maximum Gasteiger partial charge on any atom is 0.148 e. The molecule has 0 amide bonds. The molecule has 0 saturated carbocycles. The fraction of sp³-hybridized carbons (Fsp3) is 0.143. The molecule has 0 fully saturated rings. The minimum absolute atomic E-state index is 0. The van der Waals surface area contributed by atoms with Gasteiger partial charge in [-0.1, -0.05) is 172 Å². The summed E-state index contributed by atoms with van der Waals surface area (Å²) in [5.41, 5.74) is 9.01. The molecule has 1 N–H and O–H groups in total. The zero-order valence-electron chi connectivity index (χ0n) is 42.6. The largest absolute Gasteiger partial charge is 0.507 e. The topological polar surface area (TPSA) is 50.9 Å². The monoisotopic (exact) mass is 982 g/mol. The molecule has 0 bridgehead atoms. The molecule has 0 aliphatic rings. The second-order valence-corrected chi connectivity index (χ2v) is 15.6. The van der Waals surface area contributed by atoms with Gasteiger partial charge < -0.3 is 5.11 Å². The van der Waals surface area contributed by atoms with Gasteiger partial charge in [-0.2, -0.15) is 0 Å². The summed E-state index contributed by atoms with van der Waals surface area (Å²) in [4.78, 5) is 10.1. The van der Waals surface area contributed by atoms with Crippen molar-refractivity contribution in [1.82, 2.24) is 14.5 Å². The van der Waals surface area contributed by atoms with Crippen LogP contribution in [0.1, 0.15) is 57.9 Å². The van der Waals surface area contributed by atoms with Gasteiger partial charge in [-0.3, -0.25) is 9.55 Å². The predicted octanol–water partition coefficient (Wildman–Crippen LogP) is 14.4. The third kappa shape index (κ3) is 8.51. The van der Waals surface area contributed by atoms with Gasteiger partial charge in [0.05, 0.1) is 16.6 Å². The third-order valence-electron chi connectivity index (χ3n) is 10.8. The van der Waals surface area contributed by atoms with E-state index in [9.17, 15) is 5.11 Å². The van der Waals surface area contributed by atoms with E-state index in [4.69, 9.17) is 22.3 Å². The Morgan fingerprint density at radius 3 is 2.02 bits per heavy atom. The van der Waals surface area contributed by atoms with Crippen LogP contribution in [-0.4, -0.2) is 19.6 Å². The molecule has 4 nitrogen and oxygen atoms in total. The van der Waals surface area contributed by atoms with Crippen LogP contribution in [0, 0.1) is 12.0 Å². The second kappa shape index (κ2) is 17.3. The average Bonchev–Trinajstić information content (AvgIpc) is 3.71. The molecule has 9 rings (SSSR count). The van der Waals surface area contributed by atoms with Crippen LogP contribution in [0.5, 0.6) is 5.75 Å². The SMILES string of the molecule is [2H]C([2H])([2H])C(c1ccc(-c2ccnc(-c3[c-]c(-c4cccc5c4nc(-c4ccccc4O)n5-c4ccc(-c5ccccc5)c(CC(C)C)c4)cc(-c4ccccc4)c3)c2)cc1)(C([2H])([2H])[2H])C([2H])([2H])[2H].[Pt]. The van der Waals surface area contributed by atoms with Gasteiger partial charge in [0.25, 0.3) is 0 Å². The Balaban J connectivity index is 0.00000659. The molecule has 5 heteroatoms. The van der Waals surface area contributed by atoms with Gasteiger partial charge in [0.2, 0.25) is 0 Å². The van der Waals surface area contributed by atoms with Crippen LogP contribution in [0.15, 0.2) is 176 Å². The Labute approximate surface area is 386 Å². The summed E-state index contributed by atoms with van der Waals surface area (Å²) in [5, 5.41) is 11.4. The fourth-order valence-corrected chi connectivity index (χ4v) is 7.97. The molecule has 0 spiro atoms. The number of pyridine rings is 1. The number of aromatic nitrogens is 3. The summed E-state index contributed by atoms with van der Waals surface area (Å²) in [6.07, 6.45) is 2.50. The van der Waals surface area contributed by atoms with Crippen molar-refractivity contribution in [2.45, 2.75) is 46.2 Å². The van der Waals surface area contributed by atoms with Gasteiger partial charge in [-0.05, 0) is 93.1 Å². The van der Waals surface area contributed by atoms with Crippen molar-refractivity contribution in [1.29, 1.82) is 0 Å². The van der Waals surface area contributed by atoms with E-state index in [-0.39, 0.29) is 32.4 Å². The van der Waals surface area contributed by atoms with Crippen LogP contribution in [0.25, 0.3) is 83.9 Å². The van der Waals surface area contributed by atoms with Crippen LogP contribution in [0.3, 0.4) is 0 Å². The number of hydrogen-bond donors (Lipinski definition) is 1. The third-order valence-corrected chi connectivity index (χ3v) is 10.8. The molecule has 0 radical (unpaired) electrons. The molecule has 2 heterocycles. The average molecular weight is 983 g/mol. The van der Waals surface area contributed by atoms with E-state index in [0.29, 0.717) is 45.2 Å². The molecule has 304 valence electrons. The molecular formula is C56H48N3OPt-. The minimum atomic E-state index is -3.37. The first-order valence-corrected chi connectivity index (χ1v) is 20.0. The Bertz CT molecular complexity index is 3270. The fourth-order valence-electron chi connectivity index (χ4n) is 7.97. The van der Waals surface area contributed by atoms with Crippen molar-refractivity contribution in [3.8, 4) is 78.6 Å². The van der Waals surface area contributed by atoms with E-state index in [0.717, 1.165) is 51.0 Å². The van der Waals surface area contributed by atoms with E-state index < -0.39 is 26.0 Å². The van der Waals surface area contributed by atoms with Gasteiger partial charge in [0, 0.05) is 51.0 Å². The first-order valence-electron chi connectivity index (χ1n) is 24.5. The number of phenolic OH excluding ortho intramolecular Hbond substituents is 1. The zero-order chi connectivity index (χ0) is 48.9. The Morgan fingerprint density at radius 1 is 0.623 bits per heavy atom. The standard InChI is InChI=1S/C56H48N3O.Pt/c1-37(2)31-43-35-47(27-28-48(43)40-17-10-7-11-18-40)59-52-21-14-20-49(54(52)58-55(59)50-19-12-13-22-53(50)60)44-32-42(38-15-8-6-9-16-38)33-45(34-44)51-36-41(29-30-57-51)39-23-25-46(26-24-39)56(3,4)5;/h6-30,32-33,35-37,60H,31H2,1-5H3;/q-1;/i3D3,4D3,5D3;. The number of phenols is 1. The van der Waals surface area contributed by atoms with Crippen molar-refractivity contribution in [2.75, 3.05) is 0 Å². The summed E-state index contributed by atoms with van der Waals surface area (Å²) in [5.74, 6) is 1.07. The molecule has 0 aliphatic carbocycles. The van der Waals surface area contributed by atoms with Gasteiger partial charge >= 0.3 is 0 Å². The smallest absolute Gasteiger partial charge is 0.148 e. The maximum atomic E-state index is 11.4. The number of hydrogen-bond acceptors (Lipinski definition) is 3. The number of rotatable bonds is 9. The van der Waals surface area contributed by atoms with Crippen molar-refractivity contribution in [3.63, 3.8) is 0 Å². The van der Waals surface area contributed by atoms with E-state index >= 15 is 0 Å². The van der Waals surface area contributed by atoms with Gasteiger partial charge in [0.1, 0.15) is 11.6 Å². The predicted molar refractivity (Wildman–Crippen MR) is 249 cm³/mol. The van der Waals surface area contributed by atoms with Crippen molar-refractivity contribution < 1.29 is 38.5 Å². The summed E-state index contributed by atoms with van der Waals surface area (Å²) in [6, 6.07) is 57.2. The number of para-hydroxylation sites is 2. The Morgan fingerprint density at radius 2 is 1.30 bits per heavy atom. The summed E-state index contributed by atoms with van der Waals surface area (Å²) >= 11 is 0. The van der Waals surface area contributed by atoms with Crippen LogP contribution < -0.4 is 0 Å². The van der Waals surface area contributed by atoms with Crippen LogP contribution in [0.2, 0.25) is 0 Å². The summed E-state index contributed by atoms with van der Waals surface area (Å²) < 4.78 is 75.7. The summed E-state index contributed by atoms with van der Waals surface area (Å²) in [6.45, 7) is -5.68. The first-order chi connectivity index (χ1) is 32.9. The van der Waals surface area contributed by atoms with Gasteiger partial charge in [-0.15, -0.1) is 23.8 Å². The van der Waals surface area contributed by atoms with E-state index in [2.05, 4.69) is 73.0 Å². The number of fused-ring (bicyclic) bond motifs is 1. The number of imidazole rings is 1. The maximum absolute atomic E-state index is 11.4. The van der Waals surface area contributed by atoms with E-state index in [1.807, 2.05) is 78.9 Å². The van der Waals surface area contributed by atoms with E-state index in [1.165, 1.54) is 17.7 Å². The van der Waals surface area contributed by atoms with Gasteiger partial charge in [0.15, 0.2) is 0 Å². The number of nitrogens with zero attached hydrogens (tertiary/aromatic N) is 3. The molecule has 0 atom stereocenters. The molecule has 9 aromatic rings. The number of benzene rings is 7. The molecule has 0 unspecified atom stereocenters. The summed E-state index contributed by atoms with van der Waals surface area (Å²) in [7, 11) is 0. The molecule has 0 aliphatic heterocycles. The Hall–Kier alpha value is -6.35. The quantitative estimate of drug-likeness (QED) is 0.147. The van der Waals surface area contributed by atoms with Crippen LogP contribution >= 0.6 is 0 Å². The second-order valence-electron chi connectivity index (χ2n) is 15.6. The normalized spacial score (nSPS) is 14.3. The van der Waals surface area contributed by atoms with Crippen LogP contribution in [0.4, 0.5) is 0 Å². The van der Waals surface area contributed by atoms with Crippen LogP contribution in [-0.2, 0) is 32.9 Å². The van der Waals surface area contributed by atoms with E-state index in [1.54, 1.807) is 36.5 Å². The Kier molecular flexibility index (Phi) is 8.95. The molecule has 7 aromatic carbocycles.